The molecule has 1 aliphatic carbocycles. The lowest BCUT2D eigenvalue weighted by Crippen LogP contribution is -2.40. The maximum Gasteiger partial charge on any atom is 0.338 e. The van der Waals surface area contributed by atoms with E-state index in [4.69, 9.17) is 4.74 Å². The number of ether oxygens (including phenoxy) is 1. The Hall–Kier alpha value is -3.48. The average molecular weight is 420 g/mol. The van der Waals surface area contributed by atoms with E-state index in [1.807, 2.05) is 0 Å². The zero-order valence-corrected chi connectivity index (χ0v) is 17.6. The van der Waals surface area contributed by atoms with Gasteiger partial charge < -0.3 is 10.1 Å². The largest absolute Gasteiger partial charge is 0.465 e. The van der Waals surface area contributed by atoms with Crippen LogP contribution in [0.1, 0.15) is 79.1 Å². The van der Waals surface area contributed by atoms with E-state index in [-0.39, 0.29) is 29.0 Å². The number of hydrogen-bond donors (Lipinski definition) is 1. The number of anilines is 1. The number of rotatable bonds is 4. The molecule has 3 amide bonds. The first-order valence-electron chi connectivity index (χ1n) is 10.4. The van der Waals surface area contributed by atoms with Crippen molar-refractivity contribution in [3.05, 3.63) is 64.2 Å². The van der Waals surface area contributed by atoms with Gasteiger partial charge in [-0.15, -0.1) is 0 Å². The minimum absolute atomic E-state index is 0.0675. The first kappa shape index (κ1) is 20.8. The van der Waals surface area contributed by atoms with Gasteiger partial charge in [0.1, 0.15) is 0 Å². The highest BCUT2D eigenvalue weighted by Gasteiger charge is 2.40. The molecule has 2 aromatic carbocycles. The van der Waals surface area contributed by atoms with E-state index in [0.717, 1.165) is 32.1 Å². The number of carbonyl (C=O) groups excluding carboxylic acids is 4. The SMILES string of the molecule is COC(=O)c1cccc(NC(=O)c2ccc3c(c2)C(=O)N(C2CCCCC2)C3=O)c1C. The van der Waals surface area contributed by atoms with Crippen LogP contribution in [-0.2, 0) is 4.74 Å². The van der Waals surface area contributed by atoms with E-state index < -0.39 is 11.9 Å². The van der Waals surface area contributed by atoms with Crippen molar-refractivity contribution in [1.82, 2.24) is 4.90 Å². The minimum Gasteiger partial charge on any atom is -0.465 e. The summed E-state index contributed by atoms with van der Waals surface area (Å²) in [5, 5.41) is 2.78. The zero-order valence-electron chi connectivity index (χ0n) is 17.6. The second-order valence-corrected chi connectivity index (χ2v) is 7.96. The quantitative estimate of drug-likeness (QED) is 0.597. The number of fused-ring (bicyclic) bond motifs is 1. The minimum atomic E-state index is -0.488. The van der Waals surface area contributed by atoms with Gasteiger partial charge in [0.2, 0.25) is 0 Å². The smallest absolute Gasteiger partial charge is 0.338 e. The summed E-state index contributed by atoms with van der Waals surface area (Å²) < 4.78 is 4.77. The van der Waals surface area contributed by atoms with Gasteiger partial charge in [-0.1, -0.05) is 25.3 Å². The molecule has 160 valence electrons. The summed E-state index contributed by atoms with van der Waals surface area (Å²) >= 11 is 0. The summed E-state index contributed by atoms with van der Waals surface area (Å²) in [5.74, 6) is -1.52. The number of benzene rings is 2. The summed E-state index contributed by atoms with van der Waals surface area (Å²) in [6.45, 7) is 1.72. The third kappa shape index (κ3) is 3.71. The molecule has 31 heavy (non-hydrogen) atoms. The molecule has 1 N–H and O–H groups in total. The summed E-state index contributed by atoms with van der Waals surface area (Å²) in [5.41, 5.74) is 2.30. The Morgan fingerprint density at radius 2 is 1.71 bits per heavy atom. The Bertz CT molecular complexity index is 1090. The normalized spacial score (nSPS) is 16.3. The van der Waals surface area contributed by atoms with E-state index in [2.05, 4.69) is 5.32 Å². The third-order valence-corrected chi connectivity index (χ3v) is 6.11. The predicted octanol–water partition coefficient (Wildman–Crippen LogP) is 3.96. The van der Waals surface area contributed by atoms with Crippen molar-refractivity contribution in [2.45, 2.75) is 45.1 Å². The molecule has 1 aliphatic heterocycles. The van der Waals surface area contributed by atoms with Gasteiger partial charge >= 0.3 is 5.97 Å². The lowest BCUT2D eigenvalue weighted by atomic mass is 9.94. The van der Waals surface area contributed by atoms with Crippen molar-refractivity contribution in [3.63, 3.8) is 0 Å². The Morgan fingerprint density at radius 1 is 1.00 bits per heavy atom. The molecule has 0 bridgehead atoms. The molecule has 1 heterocycles. The van der Waals surface area contributed by atoms with Gasteiger partial charge in [0.05, 0.1) is 23.8 Å². The van der Waals surface area contributed by atoms with E-state index in [0.29, 0.717) is 22.4 Å². The van der Waals surface area contributed by atoms with Crippen molar-refractivity contribution in [1.29, 1.82) is 0 Å². The molecule has 0 spiro atoms. The van der Waals surface area contributed by atoms with Crippen LogP contribution in [0.2, 0.25) is 0 Å². The first-order chi connectivity index (χ1) is 14.9. The van der Waals surface area contributed by atoms with Crippen LogP contribution in [0.4, 0.5) is 5.69 Å². The predicted molar refractivity (Wildman–Crippen MR) is 114 cm³/mol. The number of methoxy groups -OCH3 is 1. The molecule has 1 fully saturated rings. The van der Waals surface area contributed by atoms with Gasteiger partial charge in [-0.3, -0.25) is 19.3 Å². The standard InChI is InChI=1S/C24H24N2O5/c1-14-17(24(30)31-2)9-6-10-20(14)25-21(27)15-11-12-18-19(13-15)23(29)26(22(18)28)16-7-4-3-5-8-16/h6,9-13,16H,3-5,7-8H2,1-2H3,(H,25,27). The molecule has 7 heteroatoms. The summed E-state index contributed by atoms with van der Waals surface area (Å²) in [4.78, 5) is 51.9. The van der Waals surface area contributed by atoms with Crippen LogP contribution in [0.25, 0.3) is 0 Å². The van der Waals surface area contributed by atoms with Crippen LogP contribution in [-0.4, -0.2) is 41.7 Å². The Labute approximate surface area is 180 Å². The van der Waals surface area contributed by atoms with E-state index in [1.165, 1.54) is 18.1 Å². The molecular formula is C24H24N2O5. The molecule has 4 rings (SSSR count). The fourth-order valence-electron chi connectivity index (χ4n) is 4.37. The third-order valence-electron chi connectivity index (χ3n) is 6.11. The fraction of sp³-hybridized carbons (Fsp3) is 0.333. The highest BCUT2D eigenvalue weighted by atomic mass is 16.5. The first-order valence-corrected chi connectivity index (χ1v) is 10.4. The molecule has 0 saturated heterocycles. The highest BCUT2D eigenvalue weighted by molar-refractivity contribution is 6.22. The Kier molecular flexibility index (Phi) is 5.59. The highest BCUT2D eigenvalue weighted by Crippen LogP contribution is 2.31. The number of esters is 1. The lowest BCUT2D eigenvalue weighted by molar-refractivity contribution is 0.0546. The number of hydrogen-bond acceptors (Lipinski definition) is 5. The van der Waals surface area contributed by atoms with Gasteiger partial charge in [0.15, 0.2) is 0 Å². The summed E-state index contributed by atoms with van der Waals surface area (Å²) in [6.07, 6.45) is 4.80. The van der Waals surface area contributed by atoms with Crippen molar-refractivity contribution in [2.75, 3.05) is 12.4 Å². The molecule has 0 unspecified atom stereocenters. The molecule has 7 nitrogen and oxygen atoms in total. The second-order valence-electron chi connectivity index (χ2n) is 7.96. The van der Waals surface area contributed by atoms with Crippen LogP contribution in [0.5, 0.6) is 0 Å². The Morgan fingerprint density at radius 3 is 2.42 bits per heavy atom. The van der Waals surface area contributed by atoms with Crippen LogP contribution in [0, 0.1) is 6.92 Å². The van der Waals surface area contributed by atoms with Crippen molar-refractivity contribution in [3.8, 4) is 0 Å². The number of carbonyl (C=O) groups is 4. The van der Waals surface area contributed by atoms with Gasteiger partial charge in [-0.2, -0.15) is 0 Å². The average Bonchev–Trinajstić information content (AvgIpc) is 3.04. The van der Waals surface area contributed by atoms with Crippen molar-refractivity contribution >= 4 is 29.4 Å². The number of amides is 3. The second kappa shape index (κ2) is 8.34. The maximum atomic E-state index is 13.0. The van der Waals surface area contributed by atoms with Crippen LogP contribution < -0.4 is 5.32 Å². The van der Waals surface area contributed by atoms with Gasteiger partial charge in [-0.25, -0.2) is 4.79 Å². The number of nitrogens with zero attached hydrogens (tertiary/aromatic N) is 1. The number of imide groups is 1. The molecule has 2 aliphatic rings. The van der Waals surface area contributed by atoms with Crippen LogP contribution in [0.3, 0.4) is 0 Å². The maximum absolute atomic E-state index is 13.0. The monoisotopic (exact) mass is 420 g/mol. The van der Waals surface area contributed by atoms with Gasteiger partial charge in [0.25, 0.3) is 17.7 Å². The Balaban J connectivity index is 1.58. The van der Waals surface area contributed by atoms with Crippen molar-refractivity contribution in [2.24, 2.45) is 0 Å². The van der Waals surface area contributed by atoms with Crippen molar-refractivity contribution < 1.29 is 23.9 Å². The lowest BCUT2D eigenvalue weighted by Gasteiger charge is -2.29. The van der Waals surface area contributed by atoms with Crippen LogP contribution >= 0.6 is 0 Å². The molecular weight excluding hydrogens is 396 g/mol. The van der Waals surface area contributed by atoms with Gasteiger partial charge in [0, 0.05) is 17.3 Å². The summed E-state index contributed by atoms with van der Waals surface area (Å²) in [6, 6.07) is 9.47. The molecule has 0 aromatic heterocycles. The van der Waals surface area contributed by atoms with Crippen LogP contribution in [0.15, 0.2) is 36.4 Å². The molecule has 0 radical (unpaired) electrons. The fourth-order valence-corrected chi connectivity index (χ4v) is 4.37. The van der Waals surface area contributed by atoms with E-state index in [9.17, 15) is 19.2 Å². The summed E-state index contributed by atoms with van der Waals surface area (Å²) in [7, 11) is 1.30. The van der Waals surface area contributed by atoms with E-state index in [1.54, 1.807) is 37.3 Å². The van der Waals surface area contributed by atoms with E-state index >= 15 is 0 Å². The van der Waals surface area contributed by atoms with Gasteiger partial charge in [-0.05, 0) is 55.7 Å². The zero-order chi connectivity index (χ0) is 22.1. The molecule has 0 atom stereocenters. The molecule has 2 aromatic rings. The topological polar surface area (TPSA) is 92.8 Å². The molecule has 1 saturated carbocycles. The number of nitrogens with one attached hydrogen (secondary N) is 1.